The smallest absolute Gasteiger partial charge is 0.270 e. The van der Waals surface area contributed by atoms with Crippen molar-refractivity contribution in [3.63, 3.8) is 0 Å². The van der Waals surface area contributed by atoms with Gasteiger partial charge < -0.3 is 5.32 Å². The van der Waals surface area contributed by atoms with Crippen molar-refractivity contribution in [2.75, 3.05) is 7.05 Å². The lowest BCUT2D eigenvalue weighted by Crippen LogP contribution is -2.62. The van der Waals surface area contributed by atoms with E-state index in [-0.39, 0.29) is 17.4 Å². The van der Waals surface area contributed by atoms with Crippen LogP contribution in [0.5, 0.6) is 0 Å². The molecule has 2 N–H and O–H groups in total. The largest absolute Gasteiger partial charge is 0.345 e. The summed E-state index contributed by atoms with van der Waals surface area (Å²) in [6.07, 6.45) is 0. The summed E-state index contributed by atoms with van der Waals surface area (Å²) in [7, 11) is 1.52. The number of thiophene rings is 1. The molecule has 0 aliphatic carbocycles. The molecule has 1 aliphatic rings. The second-order valence-corrected chi connectivity index (χ2v) is 9.32. The van der Waals surface area contributed by atoms with Crippen LogP contribution >= 0.6 is 11.3 Å². The van der Waals surface area contributed by atoms with E-state index in [4.69, 9.17) is 5.41 Å². The Kier molecular flexibility index (Phi) is 5.54. The minimum atomic E-state index is -2.98. The first-order valence-electron chi connectivity index (χ1n) is 10.3. The van der Waals surface area contributed by atoms with Gasteiger partial charge in [0.1, 0.15) is 0 Å². The number of amides is 1. The van der Waals surface area contributed by atoms with Crippen LogP contribution in [0.1, 0.15) is 41.3 Å². The van der Waals surface area contributed by atoms with Crippen LogP contribution in [0.2, 0.25) is 0 Å². The molecular weight excluding hydrogens is 442 g/mol. The Hall–Kier alpha value is -3.57. The minimum absolute atomic E-state index is 0.0307. The highest BCUT2D eigenvalue weighted by Crippen LogP contribution is 2.44. The molecule has 1 aromatic heterocycles. The second-order valence-electron chi connectivity index (χ2n) is 8.41. The first-order valence-corrected chi connectivity index (χ1v) is 11.1. The predicted molar refractivity (Wildman–Crippen MR) is 124 cm³/mol. The van der Waals surface area contributed by atoms with Gasteiger partial charge in [0.15, 0.2) is 5.96 Å². The van der Waals surface area contributed by atoms with Crippen molar-refractivity contribution in [1.29, 1.82) is 10.7 Å². The summed E-state index contributed by atoms with van der Waals surface area (Å²) >= 11 is 1.44. The highest BCUT2D eigenvalue weighted by atomic mass is 32.1. The summed E-state index contributed by atoms with van der Waals surface area (Å²) < 4.78 is 27.4. The third kappa shape index (κ3) is 4.00. The van der Waals surface area contributed by atoms with Crippen LogP contribution in [-0.4, -0.2) is 23.8 Å². The molecule has 0 bridgehead atoms. The van der Waals surface area contributed by atoms with Gasteiger partial charge in [0.05, 0.1) is 23.1 Å². The van der Waals surface area contributed by atoms with E-state index in [1.54, 1.807) is 24.3 Å². The third-order valence-corrected chi connectivity index (χ3v) is 7.22. The molecule has 1 aliphatic heterocycles. The summed E-state index contributed by atoms with van der Waals surface area (Å²) in [6, 6.07) is 17.1. The molecule has 168 valence electrons. The highest BCUT2D eigenvalue weighted by molar-refractivity contribution is 7.10. The predicted octanol–water partition coefficient (Wildman–Crippen LogP) is 5.39. The first-order chi connectivity index (χ1) is 15.5. The summed E-state index contributed by atoms with van der Waals surface area (Å²) in [5.41, 5.74) is 1.82. The van der Waals surface area contributed by atoms with Gasteiger partial charge in [0.2, 0.25) is 5.91 Å². The summed E-state index contributed by atoms with van der Waals surface area (Å²) in [5.74, 6) is -4.03. The molecule has 8 heteroatoms. The molecular formula is C25H22F2N4OS. The lowest BCUT2D eigenvalue weighted by Gasteiger charge is -2.45. The van der Waals surface area contributed by atoms with Gasteiger partial charge in [-0.2, -0.15) is 5.26 Å². The van der Waals surface area contributed by atoms with Crippen LogP contribution in [0.15, 0.2) is 60.0 Å². The Bertz CT molecular complexity index is 1270. The summed E-state index contributed by atoms with van der Waals surface area (Å²) in [4.78, 5) is 15.4. The van der Waals surface area contributed by atoms with Crippen LogP contribution in [0, 0.1) is 16.7 Å². The van der Waals surface area contributed by atoms with E-state index in [1.807, 2.05) is 30.5 Å². The number of rotatable bonds is 4. The Labute approximate surface area is 194 Å². The topological polar surface area (TPSA) is 80.0 Å². The number of nitrogens with zero attached hydrogens (tertiary/aromatic N) is 2. The van der Waals surface area contributed by atoms with E-state index < -0.39 is 17.4 Å². The number of hydrogen-bond acceptors (Lipinski definition) is 4. The van der Waals surface area contributed by atoms with E-state index in [0.717, 1.165) is 22.9 Å². The third-order valence-electron chi connectivity index (χ3n) is 6.06. The Balaban J connectivity index is 1.79. The van der Waals surface area contributed by atoms with Gasteiger partial charge in [0, 0.05) is 24.4 Å². The SMILES string of the molecule is CN1C(=N)N[C@](C)(c2cc(-c3cccc(C#N)c3)cs2)[C@H](c2ccc(C(C)(F)F)cc2)C1=O. The number of alkyl halides is 2. The fourth-order valence-electron chi connectivity index (χ4n) is 4.13. The molecule has 2 atom stereocenters. The molecule has 0 radical (unpaired) electrons. The maximum absolute atomic E-state index is 13.7. The molecule has 1 saturated heterocycles. The Morgan fingerprint density at radius 3 is 2.52 bits per heavy atom. The van der Waals surface area contributed by atoms with Crippen molar-refractivity contribution in [2.45, 2.75) is 31.2 Å². The van der Waals surface area contributed by atoms with Crippen molar-refractivity contribution in [3.05, 3.63) is 81.5 Å². The van der Waals surface area contributed by atoms with Gasteiger partial charge in [-0.25, -0.2) is 8.78 Å². The van der Waals surface area contributed by atoms with E-state index in [9.17, 15) is 18.8 Å². The summed E-state index contributed by atoms with van der Waals surface area (Å²) in [5, 5.41) is 22.6. The van der Waals surface area contributed by atoms with E-state index in [0.29, 0.717) is 11.1 Å². The molecule has 33 heavy (non-hydrogen) atoms. The van der Waals surface area contributed by atoms with Gasteiger partial charge in [0.25, 0.3) is 5.92 Å². The van der Waals surface area contributed by atoms with E-state index >= 15 is 0 Å². The molecule has 5 nitrogen and oxygen atoms in total. The average Bonchev–Trinajstić information content (AvgIpc) is 3.29. The normalized spacial score (nSPS) is 21.0. The molecule has 0 unspecified atom stereocenters. The number of benzene rings is 2. The number of likely N-dealkylation sites (N-methyl/N-ethyl adjacent to an activating group) is 1. The number of nitrogens with one attached hydrogen (secondary N) is 2. The number of halogens is 2. The standard InChI is InChI=1S/C25H22F2N4OS/c1-24(20-12-18(14-33-20)17-6-4-5-15(11-17)13-28)21(22(32)31(3)23(29)30-24)16-7-9-19(10-8-16)25(2,26)27/h4-12,14,21H,1-3H3,(H2,29,30)/t21-,24-/m1/s1. The van der Waals surface area contributed by atoms with Gasteiger partial charge in [-0.1, -0.05) is 36.4 Å². The number of hydrogen-bond donors (Lipinski definition) is 2. The van der Waals surface area contributed by atoms with Crippen LogP contribution in [0.25, 0.3) is 11.1 Å². The number of carbonyl (C=O) groups excluding carboxylic acids is 1. The van der Waals surface area contributed by atoms with Crippen molar-refractivity contribution in [1.82, 2.24) is 10.2 Å². The van der Waals surface area contributed by atoms with E-state index in [1.165, 1.54) is 35.4 Å². The number of nitriles is 1. The monoisotopic (exact) mass is 464 g/mol. The van der Waals surface area contributed by atoms with Gasteiger partial charge >= 0.3 is 0 Å². The lowest BCUT2D eigenvalue weighted by atomic mass is 9.76. The Morgan fingerprint density at radius 2 is 1.88 bits per heavy atom. The van der Waals surface area contributed by atoms with Crippen LogP contribution < -0.4 is 5.32 Å². The van der Waals surface area contributed by atoms with Crippen molar-refractivity contribution >= 4 is 23.2 Å². The van der Waals surface area contributed by atoms with Gasteiger partial charge in [-0.05, 0) is 47.2 Å². The Morgan fingerprint density at radius 1 is 1.18 bits per heavy atom. The maximum atomic E-state index is 13.7. The van der Waals surface area contributed by atoms with Crippen molar-refractivity contribution in [3.8, 4) is 17.2 Å². The average molecular weight is 465 g/mol. The van der Waals surface area contributed by atoms with Gasteiger partial charge in [-0.3, -0.25) is 15.1 Å². The van der Waals surface area contributed by atoms with Crippen LogP contribution in [0.3, 0.4) is 0 Å². The van der Waals surface area contributed by atoms with Crippen molar-refractivity contribution in [2.24, 2.45) is 0 Å². The fraction of sp³-hybridized carbons (Fsp3) is 0.240. The van der Waals surface area contributed by atoms with Crippen LogP contribution in [-0.2, 0) is 16.3 Å². The fourth-order valence-corrected chi connectivity index (χ4v) is 5.20. The zero-order valence-corrected chi connectivity index (χ0v) is 19.1. The minimum Gasteiger partial charge on any atom is -0.345 e. The van der Waals surface area contributed by atoms with Crippen LogP contribution in [0.4, 0.5) is 8.78 Å². The molecule has 1 amide bonds. The molecule has 0 spiro atoms. The molecule has 1 fully saturated rings. The number of carbonyl (C=O) groups is 1. The zero-order valence-electron chi connectivity index (χ0n) is 18.3. The number of guanidine groups is 1. The van der Waals surface area contributed by atoms with E-state index in [2.05, 4.69) is 11.4 Å². The quantitative estimate of drug-likeness (QED) is 0.543. The first kappa shape index (κ1) is 22.6. The molecule has 4 rings (SSSR count). The van der Waals surface area contributed by atoms with Crippen molar-refractivity contribution < 1.29 is 13.6 Å². The zero-order chi connectivity index (χ0) is 24.0. The maximum Gasteiger partial charge on any atom is 0.270 e. The highest BCUT2D eigenvalue weighted by Gasteiger charge is 2.49. The molecule has 2 aromatic carbocycles. The molecule has 2 heterocycles. The van der Waals surface area contributed by atoms with Gasteiger partial charge in [-0.15, -0.1) is 11.3 Å². The molecule has 0 saturated carbocycles. The summed E-state index contributed by atoms with van der Waals surface area (Å²) in [6.45, 7) is 2.68. The lowest BCUT2D eigenvalue weighted by molar-refractivity contribution is -0.131. The second kappa shape index (κ2) is 8.09. The molecule has 3 aromatic rings.